The van der Waals surface area contributed by atoms with Gasteiger partial charge in [0.25, 0.3) is 0 Å². The van der Waals surface area contributed by atoms with Crippen LogP contribution in [0.2, 0.25) is 0 Å². The average molecular weight is 130 g/mol. The summed E-state index contributed by atoms with van der Waals surface area (Å²) in [7, 11) is 0. The molecule has 0 radical (unpaired) electrons. The van der Waals surface area contributed by atoms with E-state index in [1.165, 1.54) is 6.92 Å². The van der Waals surface area contributed by atoms with Gasteiger partial charge in [0.05, 0.1) is 0 Å². The molecule has 0 aliphatic carbocycles. The molecular weight excluding hydrogens is 120 g/mol. The van der Waals surface area contributed by atoms with Crippen molar-refractivity contribution in [3.05, 3.63) is 0 Å². The largest absolute Gasteiger partial charge is 0.465 e. The van der Waals surface area contributed by atoms with Gasteiger partial charge in [0.15, 0.2) is 0 Å². The number of carbonyl (C=O) groups excluding carboxylic acids is 2. The number of esters is 1. The molecule has 0 N–H and O–H groups in total. The van der Waals surface area contributed by atoms with Crippen molar-refractivity contribution in [1.82, 2.24) is 0 Å². The molecule has 0 saturated heterocycles. The summed E-state index contributed by atoms with van der Waals surface area (Å²) in [6, 6.07) is 0. The Balaban J connectivity index is 3.26. The molecule has 0 heterocycles. The normalized spacial score (nSPS) is 12.2. The summed E-state index contributed by atoms with van der Waals surface area (Å²) in [6.07, 6.45) is 0.753. The van der Waals surface area contributed by atoms with Crippen molar-refractivity contribution in [1.29, 1.82) is 0 Å². The quantitative estimate of drug-likeness (QED) is 0.410. The van der Waals surface area contributed by atoms with Crippen LogP contribution in [0.4, 0.5) is 0 Å². The minimum Gasteiger partial charge on any atom is -0.465 e. The first kappa shape index (κ1) is 8.14. The van der Waals surface area contributed by atoms with Crippen LogP contribution >= 0.6 is 0 Å². The lowest BCUT2D eigenvalue weighted by atomic mass is 10.2. The van der Waals surface area contributed by atoms with Gasteiger partial charge in [-0.1, -0.05) is 6.92 Å². The average Bonchev–Trinajstić information content (AvgIpc) is 1.83. The summed E-state index contributed by atoms with van der Waals surface area (Å²) in [5.74, 6) is -0.530. The van der Waals surface area contributed by atoms with E-state index in [0.29, 0.717) is 0 Å². The van der Waals surface area contributed by atoms with Crippen molar-refractivity contribution in [3.8, 4) is 0 Å². The number of ether oxygens (including phenoxy) is 1. The van der Waals surface area contributed by atoms with E-state index in [4.69, 9.17) is 0 Å². The molecule has 0 aromatic heterocycles. The predicted octanol–water partition coefficient (Wildman–Crippen LogP) is 0.385. The summed E-state index contributed by atoms with van der Waals surface area (Å²) in [4.78, 5) is 20.1. The van der Waals surface area contributed by atoms with Crippen LogP contribution in [-0.4, -0.2) is 18.9 Å². The SMILES string of the molecule is CC(=O)OC[C@@H](C)C=O. The third kappa shape index (κ3) is 5.00. The van der Waals surface area contributed by atoms with Crippen molar-refractivity contribution in [3.63, 3.8) is 0 Å². The molecule has 0 unspecified atom stereocenters. The Hall–Kier alpha value is -0.860. The van der Waals surface area contributed by atoms with Crippen LogP contribution < -0.4 is 0 Å². The zero-order valence-electron chi connectivity index (χ0n) is 5.59. The smallest absolute Gasteiger partial charge is 0.302 e. The minimum absolute atomic E-state index is 0.186. The number of rotatable bonds is 3. The Morgan fingerprint density at radius 3 is 2.67 bits per heavy atom. The monoisotopic (exact) mass is 130 g/mol. The predicted molar refractivity (Wildman–Crippen MR) is 31.9 cm³/mol. The van der Waals surface area contributed by atoms with Gasteiger partial charge in [-0.3, -0.25) is 4.79 Å². The van der Waals surface area contributed by atoms with E-state index in [1.54, 1.807) is 6.92 Å². The van der Waals surface area contributed by atoms with E-state index in [2.05, 4.69) is 4.74 Å². The third-order valence-corrected chi connectivity index (χ3v) is 0.782. The molecule has 0 spiro atoms. The van der Waals surface area contributed by atoms with Gasteiger partial charge >= 0.3 is 5.97 Å². The van der Waals surface area contributed by atoms with E-state index >= 15 is 0 Å². The molecule has 0 rings (SSSR count). The van der Waals surface area contributed by atoms with Gasteiger partial charge in [0.1, 0.15) is 12.9 Å². The molecule has 3 heteroatoms. The highest BCUT2D eigenvalue weighted by molar-refractivity contribution is 5.66. The summed E-state index contributed by atoms with van der Waals surface area (Å²) in [5, 5.41) is 0. The molecule has 0 aromatic rings. The Kier molecular flexibility index (Phi) is 3.67. The molecule has 0 aromatic carbocycles. The topological polar surface area (TPSA) is 43.4 Å². The maximum Gasteiger partial charge on any atom is 0.302 e. The summed E-state index contributed by atoms with van der Waals surface area (Å²) < 4.78 is 4.52. The highest BCUT2D eigenvalue weighted by atomic mass is 16.5. The van der Waals surface area contributed by atoms with Crippen LogP contribution in [0.15, 0.2) is 0 Å². The highest BCUT2D eigenvalue weighted by Crippen LogP contribution is 1.89. The zero-order chi connectivity index (χ0) is 7.28. The van der Waals surface area contributed by atoms with E-state index in [9.17, 15) is 9.59 Å². The van der Waals surface area contributed by atoms with Crippen LogP contribution in [0.25, 0.3) is 0 Å². The molecule has 0 saturated carbocycles. The molecule has 9 heavy (non-hydrogen) atoms. The summed E-state index contributed by atoms with van der Waals surface area (Å²) in [5.41, 5.74) is 0. The molecule has 0 fully saturated rings. The van der Waals surface area contributed by atoms with Gasteiger partial charge in [0, 0.05) is 12.8 Å². The molecule has 0 bridgehead atoms. The van der Waals surface area contributed by atoms with Gasteiger partial charge in [0.2, 0.25) is 0 Å². The molecule has 3 nitrogen and oxygen atoms in total. The van der Waals surface area contributed by atoms with Gasteiger partial charge in [-0.05, 0) is 0 Å². The number of aldehydes is 1. The van der Waals surface area contributed by atoms with E-state index in [1.807, 2.05) is 0 Å². The zero-order valence-corrected chi connectivity index (χ0v) is 5.59. The first-order valence-corrected chi connectivity index (χ1v) is 2.75. The molecule has 0 aliphatic heterocycles. The molecular formula is C6H10O3. The van der Waals surface area contributed by atoms with E-state index in [-0.39, 0.29) is 18.5 Å². The first-order chi connectivity index (χ1) is 4.16. The van der Waals surface area contributed by atoms with E-state index in [0.717, 1.165) is 6.29 Å². The Labute approximate surface area is 54.0 Å². The second-order valence-corrected chi connectivity index (χ2v) is 1.92. The van der Waals surface area contributed by atoms with Gasteiger partial charge in [-0.25, -0.2) is 0 Å². The van der Waals surface area contributed by atoms with Gasteiger partial charge in [-0.15, -0.1) is 0 Å². The lowest BCUT2D eigenvalue weighted by molar-refractivity contribution is -0.142. The van der Waals surface area contributed by atoms with Crippen LogP contribution in [0.1, 0.15) is 13.8 Å². The second-order valence-electron chi connectivity index (χ2n) is 1.92. The third-order valence-electron chi connectivity index (χ3n) is 0.782. The molecule has 52 valence electrons. The lowest BCUT2D eigenvalue weighted by Crippen LogP contribution is -2.09. The van der Waals surface area contributed by atoms with Crippen LogP contribution in [-0.2, 0) is 14.3 Å². The summed E-state index contributed by atoms with van der Waals surface area (Å²) in [6.45, 7) is 3.20. The maximum absolute atomic E-state index is 10.1. The fraction of sp³-hybridized carbons (Fsp3) is 0.667. The summed E-state index contributed by atoms with van der Waals surface area (Å²) >= 11 is 0. The van der Waals surface area contributed by atoms with Crippen molar-refractivity contribution < 1.29 is 14.3 Å². The number of hydrogen-bond donors (Lipinski definition) is 0. The minimum atomic E-state index is -0.344. The molecule has 0 amide bonds. The highest BCUT2D eigenvalue weighted by Gasteiger charge is 1.99. The fourth-order valence-corrected chi connectivity index (χ4v) is 0.288. The second kappa shape index (κ2) is 4.06. The fourth-order valence-electron chi connectivity index (χ4n) is 0.288. The Bertz CT molecular complexity index is 109. The molecule has 1 atom stereocenters. The molecule has 0 aliphatic rings. The van der Waals surface area contributed by atoms with Crippen molar-refractivity contribution in [2.75, 3.05) is 6.61 Å². The Morgan fingerprint density at radius 2 is 2.33 bits per heavy atom. The van der Waals surface area contributed by atoms with Crippen LogP contribution in [0, 0.1) is 5.92 Å². The number of carbonyl (C=O) groups is 2. The van der Waals surface area contributed by atoms with Crippen LogP contribution in [0.3, 0.4) is 0 Å². The first-order valence-electron chi connectivity index (χ1n) is 2.75. The van der Waals surface area contributed by atoms with Crippen molar-refractivity contribution in [2.24, 2.45) is 5.92 Å². The van der Waals surface area contributed by atoms with Crippen molar-refractivity contribution >= 4 is 12.3 Å². The lowest BCUT2D eigenvalue weighted by Gasteiger charge is -2.01. The van der Waals surface area contributed by atoms with E-state index < -0.39 is 0 Å². The van der Waals surface area contributed by atoms with Crippen molar-refractivity contribution in [2.45, 2.75) is 13.8 Å². The standard InChI is InChI=1S/C6H10O3/c1-5(3-7)4-9-6(2)8/h3,5H,4H2,1-2H3/t5-/m0/s1. The van der Waals surface area contributed by atoms with Crippen LogP contribution in [0.5, 0.6) is 0 Å². The Morgan fingerprint density at radius 1 is 1.78 bits per heavy atom. The van der Waals surface area contributed by atoms with Gasteiger partial charge in [-0.2, -0.15) is 0 Å². The maximum atomic E-state index is 10.1. The van der Waals surface area contributed by atoms with Gasteiger partial charge < -0.3 is 9.53 Å². The number of hydrogen-bond acceptors (Lipinski definition) is 3.